The van der Waals surface area contributed by atoms with Gasteiger partial charge in [-0.1, -0.05) is 17.7 Å². The predicted octanol–water partition coefficient (Wildman–Crippen LogP) is 3.54. The van der Waals surface area contributed by atoms with Crippen molar-refractivity contribution in [2.75, 3.05) is 32.5 Å². The third kappa shape index (κ3) is 5.78. The Morgan fingerprint density at radius 2 is 2.06 bits per heavy atom. The topological polar surface area (TPSA) is 97.9 Å². The molecule has 10 heteroatoms. The number of rotatable bonds is 7. The Labute approximate surface area is 204 Å². The molecular weight excluding hydrogens is 474 g/mol. The zero-order valence-corrected chi connectivity index (χ0v) is 20.7. The summed E-state index contributed by atoms with van der Waals surface area (Å²) < 4.78 is 28.9. The highest BCUT2D eigenvalue weighted by Crippen LogP contribution is 2.26. The van der Waals surface area contributed by atoms with E-state index in [1.165, 1.54) is 6.34 Å². The van der Waals surface area contributed by atoms with E-state index in [1.54, 1.807) is 37.3 Å². The van der Waals surface area contributed by atoms with Crippen LogP contribution in [0.5, 0.6) is 0 Å². The van der Waals surface area contributed by atoms with Crippen LogP contribution in [0.25, 0.3) is 10.8 Å². The van der Waals surface area contributed by atoms with Crippen LogP contribution in [0.4, 0.5) is 5.69 Å². The molecule has 0 unspecified atom stereocenters. The van der Waals surface area contributed by atoms with E-state index < -0.39 is 10.0 Å². The standard InChI is InChI=1S/C24H28ClN5O3S/c1-29(2)16-27-34(32,33)23-12-17(5-8-22(23)25)14-30-11-3-4-20(15-30)28-19-6-7-21-18(13-19)9-10-26-24(21)31/h5-10,12-13,16,20,28H,3-4,11,14-15H2,1-2H3,(H,26,31)/t20-/m1/s1. The van der Waals surface area contributed by atoms with Crippen LogP contribution >= 0.6 is 11.6 Å². The second kappa shape index (κ2) is 10.2. The molecule has 1 fully saturated rings. The molecule has 0 amide bonds. The van der Waals surface area contributed by atoms with Crippen LogP contribution < -0.4 is 10.9 Å². The molecule has 0 saturated carbocycles. The third-order valence-electron chi connectivity index (χ3n) is 5.75. The number of aromatic nitrogens is 1. The van der Waals surface area contributed by atoms with Crippen molar-refractivity contribution in [3.63, 3.8) is 0 Å². The monoisotopic (exact) mass is 501 g/mol. The number of hydrogen-bond donors (Lipinski definition) is 2. The molecule has 1 saturated heterocycles. The Kier molecular flexibility index (Phi) is 7.25. The van der Waals surface area contributed by atoms with Gasteiger partial charge in [0.25, 0.3) is 15.6 Å². The molecule has 0 aliphatic carbocycles. The first-order chi connectivity index (χ1) is 16.2. The molecule has 8 nitrogen and oxygen atoms in total. The second-order valence-electron chi connectivity index (χ2n) is 8.75. The highest BCUT2D eigenvalue weighted by Gasteiger charge is 2.22. The van der Waals surface area contributed by atoms with Crippen LogP contribution in [0.2, 0.25) is 5.02 Å². The summed E-state index contributed by atoms with van der Waals surface area (Å²) in [5.41, 5.74) is 1.75. The average Bonchev–Trinajstić information content (AvgIpc) is 2.79. The minimum absolute atomic E-state index is 0.0163. The summed E-state index contributed by atoms with van der Waals surface area (Å²) in [4.78, 5) is 18.5. The van der Waals surface area contributed by atoms with Crippen LogP contribution in [0.1, 0.15) is 18.4 Å². The fourth-order valence-corrected chi connectivity index (χ4v) is 5.60. The van der Waals surface area contributed by atoms with Gasteiger partial charge in [0, 0.05) is 50.5 Å². The maximum atomic E-state index is 12.6. The van der Waals surface area contributed by atoms with Crippen molar-refractivity contribution in [2.45, 2.75) is 30.3 Å². The van der Waals surface area contributed by atoms with E-state index in [4.69, 9.17) is 11.6 Å². The maximum Gasteiger partial charge on any atom is 0.285 e. The van der Waals surface area contributed by atoms with Crippen molar-refractivity contribution < 1.29 is 8.42 Å². The molecule has 1 aliphatic heterocycles. The number of pyridine rings is 1. The predicted molar refractivity (Wildman–Crippen MR) is 137 cm³/mol. The van der Waals surface area contributed by atoms with E-state index >= 15 is 0 Å². The van der Waals surface area contributed by atoms with Gasteiger partial charge in [0.2, 0.25) is 0 Å². The van der Waals surface area contributed by atoms with Crippen molar-refractivity contribution >= 4 is 44.4 Å². The maximum absolute atomic E-state index is 12.6. The molecule has 3 aromatic rings. The molecule has 2 N–H and O–H groups in total. The number of sulfonamides is 1. The first-order valence-electron chi connectivity index (χ1n) is 11.1. The summed E-state index contributed by atoms with van der Waals surface area (Å²) in [7, 11) is -0.474. The van der Waals surface area contributed by atoms with Gasteiger partial charge in [-0.05, 0) is 66.7 Å². The van der Waals surface area contributed by atoms with E-state index in [-0.39, 0.29) is 21.5 Å². The lowest BCUT2D eigenvalue weighted by Crippen LogP contribution is -2.41. The van der Waals surface area contributed by atoms with Crippen molar-refractivity contribution in [1.29, 1.82) is 0 Å². The molecule has 1 aliphatic rings. The van der Waals surface area contributed by atoms with E-state index in [1.807, 2.05) is 30.3 Å². The second-order valence-corrected chi connectivity index (χ2v) is 10.8. The van der Waals surface area contributed by atoms with Crippen LogP contribution in [-0.4, -0.2) is 62.8 Å². The number of nitrogens with one attached hydrogen (secondary N) is 2. The van der Waals surface area contributed by atoms with Gasteiger partial charge in [-0.2, -0.15) is 8.42 Å². The first-order valence-corrected chi connectivity index (χ1v) is 12.9. The summed E-state index contributed by atoms with van der Waals surface area (Å²) >= 11 is 6.19. The van der Waals surface area contributed by atoms with Crippen LogP contribution in [0.15, 0.2) is 62.7 Å². The van der Waals surface area contributed by atoms with Crippen LogP contribution in [0.3, 0.4) is 0 Å². The number of H-pyrrole nitrogens is 1. The molecule has 2 heterocycles. The van der Waals surface area contributed by atoms with Crippen LogP contribution in [-0.2, 0) is 16.6 Å². The van der Waals surface area contributed by atoms with Crippen molar-refractivity contribution in [1.82, 2.24) is 14.8 Å². The Morgan fingerprint density at radius 1 is 1.24 bits per heavy atom. The number of anilines is 1. The summed E-state index contributed by atoms with van der Waals surface area (Å²) in [6.07, 6.45) is 4.96. The third-order valence-corrected chi connectivity index (χ3v) is 7.45. The number of halogens is 1. The summed E-state index contributed by atoms with van der Waals surface area (Å²) in [5, 5.41) is 5.31. The van der Waals surface area contributed by atoms with Gasteiger partial charge in [0.15, 0.2) is 0 Å². The van der Waals surface area contributed by atoms with E-state index in [2.05, 4.69) is 19.6 Å². The highest BCUT2D eigenvalue weighted by molar-refractivity contribution is 7.90. The lowest BCUT2D eigenvalue weighted by Gasteiger charge is -2.33. The molecule has 1 atom stereocenters. The van der Waals surface area contributed by atoms with Gasteiger partial charge in [-0.15, -0.1) is 4.40 Å². The zero-order valence-electron chi connectivity index (χ0n) is 19.2. The lowest BCUT2D eigenvalue weighted by molar-refractivity contribution is 0.208. The zero-order chi connectivity index (χ0) is 24.3. The average molecular weight is 502 g/mol. The van der Waals surface area contributed by atoms with E-state index in [0.29, 0.717) is 11.9 Å². The summed E-state index contributed by atoms with van der Waals surface area (Å²) in [5.74, 6) is 0. The minimum atomic E-state index is -3.88. The molecule has 4 rings (SSSR count). The summed E-state index contributed by atoms with van der Waals surface area (Å²) in [6.45, 7) is 2.36. The molecule has 1 aromatic heterocycles. The molecule has 2 aromatic carbocycles. The Bertz CT molecular complexity index is 1370. The van der Waals surface area contributed by atoms with Gasteiger partial charge < -0.3 is 15.2 Å². The normalized spacial score (nSPS) is 17.3. The SMILES string of the molecule is CN(C)C=NS(=O)(=O)c1cc(CN2CCC[C@@H](Nc3ccc4c(=O)[nH]ccc4c3)C2)ccc1Cl. The highest BCUT2D eigenvalue weighted by atomic mass is 35.5. The van der Waals surface area contributed by atoms with Gasteiger partial charge >= 0.3 is 0 Å². The molecular formula is C24H28ClN5O3S. The molecule has 0 radical (unpaired) electrons. The lowest BCUT2D eigenvalue weighted by atomic mass is 10.0. The number of piperidine rings is 1. The Hall–Kier alpha value is -2.88. The first kappa shape index (κ1) is 24.3. The number of hydrogen-bond acceptors (Lipinski definition) is 5. The molecule has 0 bridgehead atoms. The smallest absolute Gasteiger partial charge is 0.285 e. The largest absolute Gasteiger partial charge is 0.381 e. The number of aromatic amines is 1. The quantitative estimate of drug-likeness (QED) is 0.379. The number of likely N-dealkylation sites (tertiary alicyclic amines) is 1. The van der Waals surface area contributed by atoms with Crippen molar-refractivity contribution in [2.24, 2.45) is 4.40 Å². The Morgan fingerprint density at radius 3 is 2.85 bits per heavy atom. The summed E-state index contributed by atoms with van der Waals surface area (Å²) in [6, 6.07) is 13.0. The van der Waals surface area contributed by atoms with Crippen LogP contribution in [0, 0.1) is 0 Å². The van der Waals surface area contributed by atoms with E-state index in [9.17, 15) is 13.2 Å². The Balaban J connectivity index is 1.46. The van der Waals surface area contributed by atoms with Crippen molar-refractivity contribution in [3.05, 3.63) is 69.6 Å². The molecule has 34 heavy (non-hydrogen) atoms. The van der Waals surface area contributed by atoms with Gasteiger partial charge in [0.1, 0.15) is 11.2 Å². The fourth-order valence-electron chi connectivity index (χ4n) is 4.15. The van der Waals surface area contributed by atoms with E-state index in [0.717, 1.165) is 42.6 Å². The molecule has 180 valence electrons. The number of fused-ring (bicyclic) bond motifs is 1. The van der Waals surface area contributed by atoms with Gasteiger partial charge in [0.05, 0.1) is 5.02 Å². The minimum Gasteiger partial charge on any atom is -0.381 e. The number of benzene rings is 2. The molecule has 0 spiro atoms. The van der Waals surface area contributed by atoms with Gasteiger partial charge in [-0.25, -0.2) is 0 Å². The number of nitrogens with zero attached hydrogens (tertiary/aromatic N) is 3. The fraction of sp³-hybridized carbons (Fsp3) is 0.333. The van der Waals surface area contributed by atoms with Crippen molar-refractivity contribution in [3.8, 4) is 0 Å². The van der Waals surface area contributed by atoms with Gasteiger partial charge in [-0.3, -0.25) is 9.69 Å².